The SMILES string of the molecule is CC(=CS(N)(=O)=O)c1ccc2cc(N3CCCCC3)ccc2c1. The Morgan fingerprint density at radius 3 is 2.39 bits per heavy atom. The summed E-state index contributed by atoms with van der Waals surface area (Å²) in [7, 11) is -3.61. The van der Waals surface area contributed by atoms with Crippen molar-refractivity contribution in [3.05, 3.63) is 47.4 Å². The fourth-order valence-electron chi connectivity index (χ4n) is 3.14. The zero-order chi connectivity index (χ0) is 16.4. The third kappa shape index (κ3) is 3.92. The number of allylic oxidation sites excluding steroid dienone is 1. The molecule has 1 saturated heterocycles. The van der Waals surface area contributed by atoms with E-state index in [2.05, 4.69) is 23.1 Å². The molecule has 1 aliphatic rings. The zero-order valence-corrected chi connectivity index (χ0v) is 14.1. The van der Waals surface area contributed by atoms with Gasteiger partial charge in [0.1, 0.15) is 0 Å². The molecule has 122 valence electrons. The zero-order valence-electron chi connectivity index (χ0n) is 13.3. The topological polar surface area (TPSA) is 63.4 Å². The average molecular weight is 330 g/mol. The number of benzene rings is 2. The van der Waals surface area contributed by atoms with Gasteiger partial charge in [0.2, 0.25) is 10.0 Å². The van der Waals surface area contributed by atoms with Crippen LogP contribution in [0.25, 0.3) is 16.3 Å². The van der Waals surface area contributed by atoms with E-state index in [4.69, 9.17) is 5.14 Å². The normalized spacial score (nSPS) is 16.8. The quantitative estimate of drug-likeness (QED) is 0.937. The molecule has 2 aromatic rings. The van der Waals surface area contributed by atoms with Crippen molar-refractivity contribution < 1.29 is 8.42 Å². The Morgan fingerprint density at radius 2 is 1.70 bits per heavy atom. The van der Waals surface area contributed by atoms with Gasteiger partial charge in [-0.25, -0.2) is 13.6 Å². The molecule has 0 spiro atoms. The van der Waals surface area contributed by atoms with E-state index < -0.39 is 10.0 Å². The van der Waals surface area contributed by atoms with E-state index in [1.807, 2.05) is 18.2 Å². The van der Waals surface area contributed by atoms with Gasteiger partial charge in [-0.1, -0.05) is 18.2 Å². The molecular formula is C18H22N2O2S. The second kappa shape index (κ2) is 6.34. The number of anilines is 1. The lowest BCUT2D eigenvalue weighted by atomic mass is 10.0. The Morgan fingerprint density at radius 1 is 1.04 bits per heavy atom. The minimum absolute atomic E-state index is 0.648. The number of nitrogens with two attached hydrogens (primary N) is 1. The van der Waals surface area contributed by atoms with E-state index in [-0.39, 0.29) is 0 Å². The standard InChI is InChI=1S/C18H22N2O2S/c1-14(13-23(19,21)22)15-5-6-17-12-18(8-7-16(17)11-15)20-9-3-2-4-10-20/h5-8,11-13H,2-4,9-10H2,1H3,(H2,19,21,22). The number of sulfonamides is 1. The van der Waals surface area contributed by atoms with Gasteiger partial charge in [-0.15, -0.1) is 0 Å². The van der Waals surface area contributed by atoms with E-state index in [0.29, 0.717) is 5.57 Å². The van der Waals surface area contributed by atoms with Crippen LogP contribution >= 0.6 is 0 Å². The van der Waals surface area contributed by atoms with Gasteiger partial charge in [-0.2, -0.15) is 0 Å². The molecule has 2 N–H and O–H groups in total. The fourth-order valence-corrected chi connectivity index (χ4v) is 3.77. The van der Waals surface area contributed by atoms with Gasteiger partial charge in [0.05, 0.1) is 0 Å². The maximum Gasteiger partial charge on any atom is 0.231 e. The van der Waals surface area contributed by atoms with Crippen LogP contribution in [-0.4, -0.2) is 21.5 Å². The van der Waals surface area contributed by atoms with Crippen LogP contribution in [0.5, 0.6) is 0 Å². The number of hydrogen-bond acceptors (Lipinski definition) is 3. The molecule has 0 aromatic heterocycles. The number of hydrogen-bond donors (Lipinski definition) is 1. The van der Waals surface area contributed by atoms with Crippen LogP contribution in [0.2, 0.25) is 0 Å². The summed E-state index contributed by atoms with van der Waals surface area (Å²) in [4.78, 5) is 2.43. The highest BCUT2D eigenvalue weighted by Gasteiger charge is 2.11. The Kier molecular flexibility index (Phi) is 4.41. The van der Waals surface area contributed by atoms with Crippen molar-refractivity contribution in [2.45, 2.75) is 26.2 Å². The van der Waals surface area contributed by atoms with Gasteiger partial charge in [0, 0.05) is 24.2 Å². The van der Waals surface area contributed by atoms with Crippen molar-refractivity contribution in [2.24, 2.45) is 5.14 Å². The van der Waals surface area contributed by atoms with Crippen LogP contribution in [0, 0.1) is 0 Å². The molecule has 0 aliphatic carbocycles. The lowest BCUT2D eigenvalue weighted by Gasteiger charge is -2.29. The van der Waals surface area contributed by atoms with Crippen LogP contribution in [0.3, 0.4) is 0 Å². The average Bonchev–Trinajstić information content (AvgIpc) is 2.53. The molecule has 0 unspecified atom stereocenters. The van der Waals surface area contributed by atoms with Crippen molar-refractivity contribution in [1.29, 1.82) is 0 Å². The molecule has 0 amide bonds. The number of piperidine rings is 1. The minimum Gasteiger partial charge on any atom is -0.372 e. The second-order valence-electron chi connectivity index (χ2n) is 6.18. The van der Waals surface area contributed by atoms with E-state index in [0.717, 1.165) is 29.4 Å². The highest BCUT2D eigenvalue weighted by atomic mass is 32.2. The van der Waals surface area contributed by atoms with E-state index >= 15 is 0 Å². The predicted molar refractivity (Wildman–Crippen MR) is 96.8 cm³/mol. The van der Waals surface area contributed by atoms with Crippen molar-refractivity contribution >= 4 is 32.1 Å². The molecule has 23 heavy (non-hydrogen) atoms. The van der Waals surface area contributed by atoms with Gasteiger partial charge in [0.15, 0.2) is 0 Å². The minimum atomic E-state index is -3.61. The highest BCUT2D eigenvalue weighted by Crippen LogP contribution is 2.27. The van der Waals surface area contributed by atoms with E-state index in [9.17, 15) is 8.42 Å². The van der Waals surface area contributed by atoms with Crippen molar-refractivity contribution in [1.82, 2.24) is 0 Å². The summed E-state index contributed by atoms with van der Waals surface area (Å²) in [6.45, 7) is 4.01. The molecule has 0 radical (unpaired) electrons. The van der Waals surface area contributed by atoms with Gasteiger partial charge < -0.3 is 4.90 Å². The maximum absolute atomic E-state index is 11.2. The van der Waals surface area contributed by atoms with Gasteiger partial charge in [-0.05, 0) is 66.3 Å². The van der Waals surface area contributed by atoms with Crippen molar-refractivity contribution in [3.8, 4) is 0 Å². The molecule has 0 saturated carbocycles. The summed E-state index contributed by atoms with van der Waals surface area (Å²) in [5, 5.41) is 8.46. The summed E-state index contributed by atoms with van der Waals surface area (Å²) in [6, 6.07) is 12.5. The lowest BCUT2D eigenvalue weighted by Crippen LogP contribution is -2.29. The van der Waals surface area contributed by atoms with Crippen LogP contribution in [0.15, 0.2) is 41.8 Å². The second-order valence-corrected chi connectivity index (χ2v) is 7.60. The van der Waals surface area contributed by atoms with Crippen LogP contribution in [0.1, 0.15) is 31.7 Å². The van der Waals surface area contributed by atoms with Crippen molar-refractivity contribution in [2.75, 3.05) is 18.0 Å². The number of primary sulfonamides is 1. The monoisotopic (exact) mass is 330 g/mol. The Labute approximate surface area is 137 Å². The molecule has 3 rings (SSSR count). The van der Waals surface area contributed by atoms with Crippen molar-refractivity contribution in [3.63, 3.8) is 0 Å². The summed E-state index contributed by atoms with van der Waals surface area (Å²) >= 11 is 0. The van der Waals surface area contributed by atoms with E-state index in [1.54, 1.807) is 6.92 Å². The summed E-state index contributed by atoms with van der Waals surface area (Å²) in [6.07, 6.45) is 3.84. The molecule has 1 aliphatic heterocycles. The maximum atomic E-state index is 11.2. The Bertz CT molecular complexity index is 850. The molecule has 2 aromatic carbocycles. The first kappa shape index (κ1) is 16.0. The number of nitrogens with zero attached hydrogens (tertiary/aromatic N) is 1. The third-order valence-electron chi connectivity index (χ3n) is 4.34. The molecular weight excluding hydrogens is 308 g/mol. The first-order valence-electron chi connectivity index (χ1n) is 7.93. The molecule has 1 fully saturated rings. The molecule has 0 bridgehead atoms. The lowest BCUT2D eigenvalue weighted by molar-refractivity contribution is 0.578. The van der Waals surface area contributed by atoms with Gasteiger partial charge in [-0.3, -0.25) is 0 Å². The largest absolute Gasteiger partial charge is 0.372 e. The van der Waals surface area contributed by atoms with Crippen LogP contribution in [0.4, 0.5) is 5.69 Å². The highest BCUT2D eigenvalue weighted by molar-refractivity contribution is 7.92. The van der Waals surface area contributed by atoms with Crippen LogP contribution < -0.4 is 10.0 Å². The number of rotatable bonds is 3. The van der Waals surface area contributed by atoms with E-state index in [1.165, 1.54) is 30.3 Å². The summed E-state index contributed by atoms with van der Waals surface area (Å²) < 4.78 is 22.4. The summed E-state index contributed by atoms with van der Waals surface area (Å²) in [5.41, 5.74) is 2.79. The smallest absolute Gasteiger partial charge is 0.231 e. The Hall–Kier alpha value is -1.85. The summed E-state index contributed by atoms with van der Waals surface area (Å²) in [5.74, 6) is 0. The third-order valence-corrected chi connectivity index (χ3v) is 5.02. The molecule has 4 nitrogen and oxygen atoms in total. The fraction of sp³-hybridized carbons (Fsp3) is 0.333. The Balaban J connectivity index is 1.94. The number of fused-ring (bicyclic) bond motifs is 1. The van der Waals surface area contributed by atoms with Gasteiger partial charge in [0.25, 0.3) is 0 Å². The molecule has 0 atom stereocenters. The molecule has 1 heterocycles. The first-order chi connectivity index (χ1) is 10.9. The first-order valence-corrected chi connectivity index (χ1v) is 9.54. The van der Waals surface area contributed by atoms with Crippen LogP contribution in [-0.2, 0) is 10.0 Å². The predicted octanol–water partition coefficient (Wildman–Crippen LogP) is 3.48. The van der Waals surface area contributed by atoms with Gasteiger partial charge >= 0.3 is 0 Å². The molecule has 5 heteroatoms.